The minimum absolute atomic E-state index is 0.533. The molecule has 112 valence electrons. The Balaban J connectivity index is 2.26. The van der Waals surface area contributed by atoms with Crippen LogP contribution in [0.25, 0.3) is 10.8 Å². The molecule has 0 saturated carbocycles. The average molecular weight is 333 g/mol. The molecular weight excluding hydrogens is 319 g/mol. The zero-order chi connectivity index (χ0) is 15.7. The summed E-state index contributed by atoms with van der Waals surface area (Å²) >= 11 is 5.88. The largest absolute Gasteiger partial charge is 0.337 e. The molecule has 0 saturated heterocycles. The smallest absolute Gasteiger partial charge is 0.324 e. The first kappa shape index (κ1) is 15.3. The Morgan fingerprint density at radius 3 is 2.18 bits per heavy atom. The van der Waals surface area contributed by atoms with Crippen LogP contribution in [-0.2, 0) is 4.57 Å². The Morgan fingerprint density at radius 1 is 0.864 bits per heavy atom. The molecule has 3 aromatic carbocycles. The third-order valence-corrected chi connectivity index (χ3v) is 5.14. The van der Waals surface area contributed by atoms with Crippen LogP contribution in [0.15, 0.2) is 66.7 Å². The van der Waals surface area contributed by atoms with E-state index in [4.69, 9.17) is 11.6 Å². The van der Waals surface area contributed by atoms with Crippen molar-refractivity contribution in [3.05, 3.63) is 82.9 Å². The molecule has 0 aliphatic rings. The summed E-state index contributed by atoms with van der Waals surface area (Å²) in [5.74, 6) is 0. The highest BCUT2D eigenvalue weighted by Gasteiger charge is 2.33. The maximum atomic E-state index is 12.1. The van der Waals surface area contributed by atoms with Gasteiger partial charge in [0.25, 0.3) is 0 Å². The van der Waals surface area contributed by atoms with E-state index in [0.717, 1.165) is 10.8 Å². The van der Waals surface area contributed by atoms with Crippen LogP contribution in [0.5, 0.6) is 0 Å². The first-order valence-corrected chi connectivity index (χ1v) is 8.81. The van der Waals surface area contributed by atoms with E-state index in [1.807, 2.05) is 36.4 Å². The van der Waals surface area contributed by atoms with Crippen molar-refractivity contribution in [3.63, 3.8) is 0 Å². The molecule has 0 aliphatic heterocycles. The van der Waals surface area contributed by atoms with Crippen molar-refractivity contribution >= 4 is 30.0 Å². The van der Waals surface area contributed by atoms with Gasteiger partial charge >= 0.3 is 7.60 Å². The molecule has 0 fully saturated rings. The van der Waals surface area contributed by atoms with E-state index in [1.165, 1.54) is 0 Å². The molecule has 1 unspecified atom stereocenters. The van der Waals surface area contributed by atoms with Gasteiger partial charge in [0, 0.05) is 5.02 Å². The summed E-state index contributed by atoms with van der Waals surface area (Å²) in [6.07, 6.45) is 0. The minimum Gasteiger partial charge on any atom is -0.324 e. The molecule has 3 nitrogen and oxygen atoms in total. The van der Waals surface area contributed by atoms with Gasteiger partial charge in [-0.05, 0) is 34.0 Å². The summed E-state index contributed by atoms with van der Waals surface area (Å²) in [7, 11) is -4.38. The van der Waals surface area contributed by atoms with Gasteiger partial charge in [0.05, 0.1) is 0 Å². The lowest BCUT2D eigenvalue weighted by Crippen LogP contribution is -2.03. The molecule has 3 rings (SSSR count). The number of hydrogen-bond acceptors (Lipinski definition) is 1. The van der Waals surface area contributed by atoms with Gasteiger partial charge in [-0.25, -0.2) is 0 Å². The number of fused-ring (bicyclic) bond motifs is 1. The zero-order valence-corrected chi connectivity index (χ0v) is 13.2. The van der Waals surface area contributed by atoms with Gasteiger partial charge in [-0.1, -0.05) is 66.2 Å². The maximum Gasteiger partial charge on any atom is 0.337 e. The Labute approximate surface area is 133 Å². The highest BCUT2D eigenvalue weighted by Crippen LogP contribution is 2.56. The molecule has 5 heteroatoms. The number of rotatable bonds is 3. The van der Waals surface area contributed by atoms with Crippen LogP contribution < -0.4 is 0 Å². The van der Waals surface area contributed by atoms with Crippen molar-refractivity contribution in [2.75, 3.05) is 0 Å². The lowest BCUT2D eigenvalue weighted by atomic mass is 9.98. The molecular formula is C17H14ClO3P. The van der Waals surface area contributed by atoms with Gasteiger partial charge in [0.15, 0.2) is 0 Å². The third-order valence-electron chi connectivity index (χ3n) is 3.64. The second kappa shape index (κ2) is 5.86. The summed E-state index contributed by atoms with van der Waals surface area (Å²) in [6.45, 7) is 0. The van der Waals surface area contributed by atoms with E-state index in [-0.39, 0.29) is 0 Å². The fourth-order valence-electron chi connectivity index (χ4n) is 2.69. The average Bonchev–Trinajstić information content (AvgIpc) is 2.48. The van der Waals surface area contributed by atoms with Crippen LogP contribution in [0, 0.1) is 0 Å². The normalized spacial score (nSPS) is 13.2. The number of halogens is 1. The second-order valence-electron chi connectivity index (χ2n) is 5.11. The molecule has 0 bridgehead atoms. The SMILES string of the molecule is O=P(O)(O)C(c1ccc(Cl)cc1)c1cccc2ccccc12. The standard InChI is InChI=1S/C17H14ClO3P/c18-14-10-8-13(9-11-14)17(22(19,20)21)16-7-3-5-12-4-1-2-6-15(12)16/h1-11,17H,(H2,19,20,21). The Hall–Kier alpha value is -1.64. The summed E-state index contributed by atoms with van der Waals surface area (Å²) < 4.78 is 12.1. The van der Waals surface area contributed by atoms with E-state index in [9.17, 15) is 14.4 Å². The fourth-order valence-corrected chi connectivity index (χ4v) is 3.96. The van der Waals surface area contributed by atoms with E-state index >= 15 is 0 Å². The van der Waals surface area contributed by atoms with Gasteiger partial charge in [0.2, 0.25) is 0 Å². The first-order valence-electron chi connectivity index (χ1n) is 6.75. The monoisotopic (exact) mass is 332 g/mol. The van der Waals surface area contributed by atoms with Gasteiger partial charge in [-0.15, -0.1) is 0 Å². The quantitative estimate of drug-likeness (QED) is 0.680. The van der Waals surface area contributed by atoms with Gasteiger partial charge in [-0.2, -0.15) is 0 Å². The molecule has 0 radical (unpaired) electrons. The summed E-state index contributed by atoms with van der Waals surface area (Å²) in [5.41, 5.74) is 0.165. The summed E-state index contributed by atoms with van der Waals surface area (Å²) in [4.78, 5) is 19.8. The summed E-state index contributed by atoms with van der Waals surface area (Å²) in [6, 6.07) is 19.7. The minimum atomic E-state index is -4.38. The maximum absolute atomic E-state index is 12.1. The lowest BCUT2D eigenvalue weighted by Gasteiger charge is -2.21. The second-order valence-corrected chi connectivity index (χ2v) is 7.24. The van der Waals surface area contributed by atoms with Gasteiger partial charge in [0.1, 0.15) is 5.66 Å². The van der Waals surface area contributed by atoms with Crippen LogP contribution in [0.3, 0.4) is 0 Å². The van der Waals surface area contributed by atoms with E-state index in [2.05, 4.69) is 0 Å². The van der Waals surface area contributed by atoms with Crippen molar-refractivity contribution in [1.82, 2.24) is 0 Å². The molecule has 1 atom stereocenters. The van der Waals surface area contributed by atoms with Crippen molar-refractivity contribution in [2.24, 2.45) is 0 Å². The topological polar surface area (TPSA) is 57.5 Å². The Bertz CT molecular complexity index is 850. The van der Waals surface area contributed by atoms with Crippen LogP contribution in [0.4, 0.5) is 0 Å². The third kappa shape index (κ3) is 2.94. The fraction of sp³-hybridized carbons (Fsp3) is 0.0588. The molecule has 22 heavy (non-hydrogen) atoms. The molecule has 0 aromatic heterocycles. The van der Waals surface area contributed by atoms with Crippen LogP contribution >= 0.6 is 19.2 Å². The van der Waals surface area contributed by atoms with E-state index < -0.39 is 13.3 Å². The highest BCUT2D eigenvalue weighted by atomic mass is 35.5. The van der Waals surface area contributed by atoms with Crippen LogP contribution in [0.1, 0.15) is 16.8 Å². The van der Waals surface area contributed by atoms with Crippen LogP contribution in [-0.4, -0.2) is 9.79 Å². The molecule has 2 N–H and O–H groups in total. The molecule has 0 heterocycles. The van der Waals surface area contributed by atoms with Gasteiger partial charge in [-0.3, -0.25) is 4.57 Å². The molecule has 0 spiro atoms. The predicted molar refractivity (Wildman–Crippen MR) is 89.3 cm³/mol. The predicted octanol–water partition coefficient (Wildman–Crippen LogP) is 4.76. The van der Waals surface area contributed by atoms with Crippen molar-refractivity contribution in [1.29, 1.82) is 0 Å². The first-order chi connectivity index (χ1) is 10.5. The number of benzene rings is 3. The number of hydrogen-bond donors (Lipinski definition) is 2. The van der Waals surface area contributed by atoms with Gasteiger partial charge < -0.3 is 9.79 Å². The van der Waals surface area contributed by atoms with E-state index in [0.29, 0.717) is 16.1 Å². The summed E-state index contributed by atoms with van der Waals surface area (Å²) in [5, 5.41) is 2.33. The van der Waals surface area contributed by atoms with E-state index in [1.54, 1.807) is 30.3 Å². The van der Waals surface area contributed by atoms with Crippen molar-refractivity contribution in [2.45, 2.75) is 5.66 Å². The Kier molecular flexibility index (Phi) is 4.07. The molecule has 0 amide bonds. The Morgan fingerprint density at radius 2 is 1.50 bits per heavy atom. The highest BCUT2D eigenvalue weighted by molar-refractivity contribution is 7.52. The van der Waals surface area contributed by atoms with Crippen LogP contribution in [0.2, 0.25) is 5.02 Å². The van der Waals surface area contributed by atoms with Crippen molar-refractivity contribution < 1.29 is 14.4 Å². The molecule has 0 aliphatic carbocycles. The van der Waals surface area contributed by atoms with Crippen molar-refractivity contribution in [3.8, 4) is 0 Å². The zero-order valence-electron chi connectivity index (χ0n) is 11.6. The lowest BCUT2D eigenvalue weighted by molar-refractivity contribution is 0.365. The molecule has 3 aromatic rings.